The minimum Gasteiger partial charge on any atom is -0.0622 e. The number of hydrogen-bond donors (Lipinski definition) is 0. The lowest BCUT2D eigenvalue weighted by Gasteiger charge is -2.11. The molecule has 0 aliphatic carbocycles. The molecule has 0 N–H and O–H groups in total. The summed E-state index contributed by atoms with van der Waals surface area (Å²) in [6.07, 6.45) is 5.62. The molecular formula is C42H36. The molecule has 6 rings (SSSR count). The molecular weight excluding hydrogens is 504 g/mol. The third kappa shape index (κ3) is 6.85. The third-order valence-electron chi connectivity index (χ3n) is 7.95. The summed E-state index contributed by atoms with van der Waals surface area (Å²) in [7, 11) is 0. The second-order valence-electron chi connectivity index (χ2n) is 11.0. The standard InChI is InChI=1S/C42H36/c1-32-15-23-37(24-16-32)38-25-21-34(22-26-38)10-8-9-33-17-19-35(20-18-33)31-42(40-13-6-3-7-14-40)41-29-27-39(28-30-41)36-11-4-2-5-12-36/h2-7,11-31H,8-10H2,1H3/b42-31+. The molecule has 0 saturated heterocycles. The normalized spacial score (nSPS) is 11.4. The van der Waals surface area contributed by atoms with Crippen molar-refractivity contribution in [1.29, 1.82) is 0 Å². The summed E-state index contributed by atoms with van der Waals surface area (Å²) in [5.74, 6) is 0. The van der Waals surface area contributed by atoms with Gasteiger partial charge in [0.2, 0.25) is 0 Å². The first-order valence-electron chi connectivity index (χ1n) is 14.9. The van der Waals surface area contributed by atoms with Crippen LogP contribution in [0.5, 0.6) is 0 Å². The molecule has 0 spiro atoms. The van der Waals surface area contributed by atoms with Crippen molar-refractivity contribution in [3.05, 3.63) is 191 Å². The molecule has 6 aromatic carbocycles. The van der Waals surface area contributed by atoms with E-state index in [2.05, 4.69) is 171 Å². The lowest BCUT2D eigenvalue weighted by Crippen LogP contribution is -1.91. The van der Waals surface area contributed by atoms with E-state index in [1.165, 1.54) is 61.2 Å². The SMILES string of the molecule is Cc1ccc(-c2ccc(CCCc3ccc(/C=C(\c4ccccc4)c4ccc(-c5ccccc5)cc4)cc3)cc2)cc1. The molecule has 6 aromatic rings. The second-order valence-corrected chi connectivity index (χ2v) is 11.0. The van der Waals surface area contributed by atoms with E-state index in [0.717, 1.165) is 19.3 Å². The van der Waals surface area contributed by atoms with E-state index >= 15 is 0 Å². The average Bonchev–Trinajstić information content (AvgIpc) is 3.06. The molecule has 0 nitrogen and oxygen atoms in total. The van der Waals surface area contributed by atoms with Crippen LogP contribution in [0.4, 0.5) is 0 Å². The number of rotatable bonds is 9. The predicted octanol–water partition coefficient (Wildman–Crippen LogP) is 11.1. The Bertz CT molecular complexity index is 1720. The summed E-state index contributed by atoms with van der Waals surface area (Å²) in [6.45, 7) is 2.13. The maximum absolute atomic E-state index is 2.31. The molecule has 0 amide bonds. The van der Waals surface area contributed by atoms with Gasteiger partial charge in [0.05, 0.1) is 0 Å². The average molecular weight is 541 g/mol. The Hall–Kier alpha value is -4.94. The molecule has 0 aromatic heterocycles. The lowest BCUT2D eigenvalue weighted by molar-refractivity contribution is 0.821. The van der Waals surface area contributed by atoms with E-state index in [1.807, 2.05) is 0 Å². The van der Waals surface area contributed by atoms with Gasteiger partial charge in [0.15, 0.2) is 0 Å². The topological polar surface area (TPSA) is 0 Å². The molecule has 0 atom stereocenters. The fourth-order valence-electron chi connectivity index (χ4n) is 5.48. The van der Waals surface area contributed by atoms with Gasteiger partial charge in [0.25, 0.3) is 0 Å². The van der Waals surface area contributed by atoms with Crippen LogP contribution in [0.15, 0.2) is 158 Å². The van der Waals surface area contributed by atoms with Crippen molar-refractivity contribution >= 4 is 11.6 Å². The Morgan fingerprint density at radius 2 is 0.857 bits per heavy atom. The van der Waals surface area contributed by atoms with E-state index < -0.39 is 0 Å². The van der Waals surface area contributed by atoms with Crippen LogP contribution in [0.1, 0.15) is 39.8 Å². The van der Waals surface area contributed by atoms with Gasteiger partial charge in [-0.3, -0.25) is 0 Å². The van der Waals surface area contributed by atoms with Gasteiger partial charge in [0, 0.05) is 0 Å². The van der Waals surface area contributed by atoms with Crippen LogP contribution in [0.25, 0.3) is 33.9 Å². The fraction of sp³-hybridized carbons (Fsp3) is 0.0952. The maximum Gasteiger partial charge on any atom is -0.0105 e. The molecule has 204 valence electrons. The molecule has 0 bridgehead atoms. The fourth-order valence-corrected chi connectivity index (χ4v) is 5.48. The molecule has 0 unspecified atom stereocenters. The Morgan fingerprint density at radius 3 is 1.43 bits per heavy atom. The van der Waals surface area contributed by atoms with Crippen molar-refractivity contribution in [3.63, 3.8) is 0 Å². The summed E-state index contributed by atoms with van der Waals surface area (Å²) in [5.41, 5.74) is 14.0. The van der Waals surface area contributed by atoms with Crippen molar-refractivity contribution in [1.82, 2.24) is 0 Å². The highest BCUT2D eigenvalue weighted by molar-refractivity contribution is 5.91. The summed E-state index contributed by atoms with van der Waals surface area (Å²) >= 11 is 0. The first kappa shape index (κ1) is 27.2. The van der Waals surface area contributed by atoms with Crippen LogP contribution in [0.3, 0.4) is 0 Å². The summed E-state index contributed by atoms with van der Waals surface area (Å²) in [6, 6.07) is 57.1. The van der Waals surface area contributed by atoms with Gasteiger partial charge in [-0.2, -0.15) is 0 Å². The Balaban J connectivity index is 1.12. The minimum atomic E-state index is 1.08. The van der Waals surface area contributed by atoms with Gasteiger partial charge in [-0.05, 0) is 87.9 Å². The van der Waals surface area contributed by atoms with Gasteiger partial charge >= 0.3 is 0 Å². The van der Waals surface area contributed by atoms with Gasteiger partial charge in [-0.1, -0.05) is 163 Å². The lowest BCUT2D eigenvalue weighted by atomic mass is 9.93. The van der Waals surface area contributed by atoms with Crippen molar-refractivity contribution < 1.29 is 0 Å². The second kappa shape index (κ2) is 13.1. The molecule has 42 heavy (non-hydrogen) atoms. The van der Waals surface area contributed by atoms with E-state index in [1.54, 1.807) is 0 Å². The van der Waals surface area contributed by atoms with Crippen molar-refractivity contribution in [3.8, 4) is 22.3 Å². The molecule has 0 aliphatic heterocycles. The molecule has 0 heteroatoms. The van der Waals surface area contributed by atoms with Crippen LogP contribution in [0, 0.1) is 6.92 Å². The smallest absolute Gasteiger partial charge is 0.0105 e. The van der Waals surface area contributed by atoms with Crippen molar-refractivity contribution in [2.75, 3.05) is 0 Å². The molecule has 0 aliphatic rings. The highest BCUT2D eigenvalue weighted by atomic mass is 14.1. The van der Waals surface area contributed by atoms with Crippen LogP contribution in [-0.2, 0) is 12.8 Å². The van der Waals surface area contributed by atoms with Crippen LogP contribution >= 0.6 is 0 Å². The van der Waals surface area contributed by atoms with Crippen molar-refractivity contribution in [2.24, 2.45) is 0 Å². The monoisotopic (exact) mass is 540 g/mol. The number of benzene rings is 6. The zero-order chi connectivity index (χ0) is 28.6. The quantitative estimate of drug-likeness (QED) is 0.160. The van der Waals surface area contributed by atoms with E-state index in [9.17, 15) is 0 Å². The first-order valence-corrected chi connectivity index (χ1v) is 14.9. The first-order chi connectivity index (χ1) is 20.7. The summed E-state index contributed by atoms with van der Waals surface area (Å²) < 4.78 is 0. The van der Waals surface area contributed by atoms with Crippen molar-refractivity contribution in [2.45, 2.75) is 26.2 Å². The van der Waals surface area contributed by atoms with Gasteiger partial charge in [0.1, 0.15) is 0 Å². The molecule has 0 radical (unpaired) electrons. The van der Waals surface area contributed by atoms with E-state index in [4.69, 9.17) is 0 Å². The molecule has 0 fully saturated rings. The predicted molar refractivity (Wildman–Crippen MR) is 180 cm³/mol. The molecule has 0 heterocycles. The highest BCUT2D eigenvalue weighted by Gasteiger charge is 2.07. The number of hydrogen-bond acceptors (Lipinski definition) is 0. The zero-order valence-electron chi connectivity index (χ0n) is 24.2. The summed E-state index contributed by atoms with van der Waals surface area (Å²) in [5, 5.41) is 0. The van der Waals surface area contributed by atoms with Gasteiger partial charge < -0.3 is 0 Å². The zero-order valence-corrected chi connectivity index (χ0v) is 24.2. The summed E-state index contributed by atoms with van der Waals surface area (Å²) in [4.78, 5) is 0. The van der Waals surface area contributed by atoms with Crippen LogP contribution in [0.2, 0.25) is 0 Å². The largest absolute Gasteiger partial charge is 0.0622 e. The van der Waals surface area contributed by atoms with Gasteiger partial charge in [-0.15, -0.1) is 0 Å². The number of aryl methyl sites for hydroxylation is 3. The molecule has 0 saturated carbocycles. The Kier molecular flexibility index (Phi) is 8.53. The minimum absolute atomic E-state index is 1.08. The van der Waals surface area contributed by atoms with E-state index in [0.29, 0.717) is 0 Å². The Morgan fingerprint density at radius 1 is 0.429 bits per heavy atom. The maximum atomic E-state index is 2.31. The van der Waals surface area contributed by atoms with Gasteiger partial charge in [-0.25, -0.2) is 0 Å². The highest BCUT2D eigenvalue weighted by Crippen LogP contribution is 2.29. The third-order valence-corrected chi connectivity index (χ3v) is 7.95. The van der Waals surface area contributed by atoms with E-state index in [-0.39, 0.29) is 0 Å². The Labute approximate surface area is 250 Å². The van der Waals surface area contributed by atoms with Crippen LogP contribution < -0.4 is 0 Å². The van der Waals surface area contributed by atoms with Crippen LogP contribution in [-0.4, -0.2) is 0 Å².